The number of nitrogens with zero attached hydrogens (tertiary/aromatic N) is 2. The summed E-state index contributed by atoms with van der Waals surface area (Å²) >= 11 is 1.81. The molecular weight excluding hydrogens is 440 g/mol. The third-order valence-electron chi connectivity index (χ3n) is 8.03. The summed E-state index contributed by atoms with van der Waals surface area (Å²) in [5.74, 6) is 3.33. The Morgan fingerprint density at radius 1 is 1.21 bits per heavy atom. The van der Waals surface area contributed by atoms with Gasteiger partial charge in [-0.2, -0.15) is 0 Å². The van der Waals surface area contributed by atoms with Crippen LogP contribution < -0.4 is 5.32 Å². The molecular formula is C26H35F2N3OS. The van der Waals surface area contributed by atoms with Crippen LogP contribution in [0.3, 0.4) is 0 Å². The number of hydrogen-bond donors (Lipinski definition) is 1. The van der Waals surface area contributed by atoms with E-state index < -0.39 is 6.43 Å². The van der Waals surface area contributed by atoms with E-state index in [0.29, 0.717) is 12.1 Å². The van der Waals surface area contributed by atoms with Gasteiger partial charge < -0.3 is 10.2 Å². The lowest BCUT2D eigenvalue weighted by atomic mass is 9.53. The first-order valence-corrected chi connectivity index (χ1v) is 13.6. The molecule has 180 valence electrons. The fourth-order valence-electron chi connectivity index (χ4n) is 6.96. The maximum Gasteiger partial charge on any atom is 0.263 e. The quantitative estimate of drug-likeness (QED) is 0.467. The minimum Gasteiger partial charge on any atom is -0.347 e. The van der Waals surface area contributed by atoms with Crippen LogP contribution in [0, 0.1) is 17.8 Å². The predicted octanol–water partition coefficient (Wildman–Crippen LogP) is 6.50. The molecule has 0 spiro atoms. The van der Waals surface area contributed by atoms with Crippen molar-refractivity contribution < 1.29 is 13.6 Å². The number of thioether (sulfide) groups is 1. The van der Waals surface area contributed by atoms with Gasteiger partial charge in [0, 0.05) is 36.0 Å². The Balaban J connectivity index is 1.28. The number of rotatable bonds is 8. The zero-order valence-corrected chi connectivity index (χ0v) is 20.3. The van der Waals surface area contributed by atoms with Crippen molar-refractivity contribution >= 4 is 28.5 Å². The van der Waals surface area contributed by atoms with Crippen LogP contribution in [-0.4, -0.2) is 39.9 Å². The van der Waals surface area contributed by atoms with E-state index in [0.717, 1.165) is 48.1 Å². The van der Waals surface area contributed by atoms with E-state index in [-0.39, 0.29) is 23.1 Å². The lowest BCUT2D eigenvalue weighted by Crippen LogP contribution is -2.50. The van der Waals surface area contributed by atoms with E-state index >= 15 is 0 Å². The molecule has 7 heteroatoms. The Morgan fingerprint density at radius 2 is 1.91 bits per heavy atom. The van der Waals surface area contributed by atoms with Crippen molar-refractivity contribution in [3.8, 4) is 0 Å². The second-order valence-electron chi connectivity index (χ2n) is 10.7. The largest absolute Gasteiger partial charge is 0.347 e. The molecule has 1 amide bonds. The number of amidine groups is 1. The van der Waals surface area contributed by atoms with Crippen LogP contribution in [0.2, 0.25) is 0 Å². The van der Waals surface area contributed by atoms with E-state index in [4.69, 9.17) is 4.99 Å². The van der Waals surface area contributed by atoms with Gasteiger partial charge in [0.25, 0.3) is 6.43 Å². The molecule has 1 aromatic rings. The van der Waals surface area contributed by atoms with Crippen LogP contribution in [0.15, 0.2) is 29.3 Å². The van der Waals surface area contributed by atoms with Crippen LogP contribution in [-0.2, 0) is 4.79 Å². The molecule has 1 N–H and O–H groups in total. The molecule has 4 saturated carbocycles. The maximum atomic E-state index is 13.0. The summed E-state index contributed by atoms with van der Waals surface area (Å²) in [5, 5.41) is 3.98. The highest BCUT2D eigenvalue weighted by molar-refractivity contribution is 8.14. The molecule has 4 aliphatic carbocycles. The zero-order chi connectivity index (χ0) is 23.0. The summed E-state index contributed by atoms with van der Waals surface area (Å²) in [6.07, 6.45) is 7.96. The number of hydrogen-bond acceptors (Lipinski definition) is 3. The molecule has 4 nitrogen and oxygen atoms in total. The van der Waals surface area contributed by atoms with Crippen LogP contribution >= 0.6 is 11.8 Å². The molecule has 1 atom stereocenters. The van der Waals surface area contributed by atoms with Crippen LogP contribution in [0.25, 0.3) is 0 Å². The van der Waals surface area contributed by atoms with E-state index in [9.17, 15) is 13.6 Å². The van der Waals surface area contributed by atoms with Gasteiger partial charge in [-0.3, -0.25) is 9.79 Å². The zero-order valence-electron chi connectivity index (χ0n) is 19.4. The number of carbonyl (C=O) groups excluding carboxylic acids is 1. The highest BCUT2D eigenvalue weighted by atomic mass is 32.2. The minimum atomic E-state index is -2.54. The Labute approximate surface area is 200 Å². The number of unbranched alkanes of at least 4 members (excludes halogenated alkanes) is 1. The van der Waals surface area contributed by atoms with Crippen molar-refractivity contribution in [2.45, 2.75) is 82.7 Å². The third-order valence-corrected chi connectivity index (χ3v) is 9.16. The van der Waals surface area contributed by atoms with Crippen LogP contribution in [0.4, 0.5) is 14.5 Å². The summed E-state index contributed by atoms with van der Waals surface area (Å²) < 4.78 is 26.0. The van der Waals surface area contributed by atoms with E-state index in [1.165, 1.54) is 50.7 Å². The van der Waals surface area contributed by atoms with Gasteiger partial charge in [-0.15, -0.1) is 0 Å². The Morgan fingerprint density at radius 3 is 2.55 bits per heavy atom. The number of alkyl halides is 2. The first-order chi connectivity index (χ1) is 15.9. The third kappa shape index (κ3) is 5.08. The van der Waals surface area contributed by atoms with Gasteiger partial charge >= 0.3 is 0 Å². The summed E-state index contributed by atoms with van der Waals surface area (Å²) in [7, 11) is 0. The van der Waals surface area contributed by atoms with Gasteiger partial charge in [0.1, 0.15) is 0 Å². The van der Waals surface area contributed by atoms with Crippen molar-refractivity contribution in [3.63, 3.8) is 0 Å². The van der Waals surface area contributed by atoms with E-state index in [1.807, 2.05) is 11.8 Å². The van der Waals surface area contributed by atoms with Gasteiger partial charge in [0.05, 0.1) is 5.54 Å². The molecule has 1 heterocycles. The second-order valence-corrected chi connectivity index (χ2v) is 11.7. The monoisotopic (exact) mass is 475 g/mol. The topological polar surface area (TPSA) is 44.7 Å². The number of benzene rings is 1. The molecule has 0 aromatic heterocycles. The summed E-state index contributed by atoms with van der Waals surface area (Å²) in [4.78, 5) is 20.7. The lowest BCUT2D eigenvalue weighted by Gasteiger charge is -2.55. The molecule has 1 aliphatic heterocycles. The minimum absolute atomic E-state index is 0.0706. The van der Waals surface area contributed by atoms with Crippen molar-refractivity contribution in [1.82, 2.24) is 4.90 Å². The van der Waals surface area contributed by atoms with Gasteiger partial charge in [0.2, 0.25) is 5.91 Å². The fourth-order valence-corrected chi connectivity index (χ4v) is 8.26. The average molecular weight is 476 g/mol. The van der Waals surface area contributed by atoms with E-state index in [1.54, 1.807) is 12.1 Å². The van der Waals surface area contributed by atoms with Crippen molar-refractivity contribution in [2.24, 2.45) is 22.7 Å². The number of halogens is 2. The average Bonchev–Trinajstić information content (AvgIpc) is 3.11. The molecule has 4 bridgehead atoms. The summed E-state index contributed by atoms with van der Waals surface area (Å²) in [5.41, 5.74) is 0.499. The normalized spacial score (nSPS) is 33.9. The van der Waals surface area contributed by atoms with Gasteiger partial charge in [-0.1, -0.05) is 37.2 Å². The van der Waals surface area contributed by atoms with Gasteiger partial charge in [0.15, 0.2) is 5.17 Å². The molecule has 1 saturated heterocycles. The standard InChI is InChI=1S/C26H35F2N3OS/c1-2-3-7-31-22(12-23(32)29-21-6-4-5-20(11-21)24(27)28)16-33-25(31)30-26-13-17-8-18(14-26)10-19(9-17)15-26/h4-6,11,17-19,22,24H,2-3,7-10,12-16H2,1H3,(H,29,32). The number of anilines is 1. The molecule has 1 aromatic carbocycles. The van der Waals surface area contributed by atoms with E-state index in [2.05, 4.69) is 17.1 Å². The number of amides is 1. The number of carbonyl (C=O) groups is 1. The highest BCUT2D eigenvalue weighted by Gasteiger charge is 2.51. The van der Waals surface area contributed by atoms with Crippen molar-refractivity contribution in [2.75, 3.05) is 17.6 Å². The lowest BCUT2D eigenvalue weighted by molar-refractivity contribution is -0.116. The molecule has 33 heavy (non-hydrogen) atoms. The SMILES string of the molecule is CCCCN1C(=NC23CC4CC(CC(C4)C2)C3)SCC1CC(=O)Nc1cccc(C(F)F)c1. The Hall–Kier alpha value is -1.63. The molecule has 1 unspecified atom stereocenters. The van der Waals surface area contributed by atoms with Crippen molar-refractivity contribution in [1.29, 1.82) is 0 Å². The highest BCUT2D eigenvalue weighted by Crippen LogP contribution is 2.57. The molecule has 0 radical (unpaired) electrons. The number of aliphatic imine (C=N–C) groups is 1. The Kier molecular flexibility index (Phi) is 6.69. The second kappa shape index (κ2) is 9.55. The van der Waals surface area contributed by atoms with Crippen LogP contribution in [0.1, 0.15) is 76.7 Å². The summed E-state index contributed by atoms with van der Waals surface area (Å²) in [6, 6.07) is 6.08. The molecule has 6 rings (SSSR count). The Bertz CT molecular complexity index is 870. The van der Waals surface area contributed by atoms with Crippen molar-refractivity contribution in [3.05, 3.63) is 29.8 Å². The smallest absolute Gasteiger partial charge is 0.263 e. The molecule has 5 fully saturated rings. The summed E-state index contributed by atoms with van der Waals surface area (Å²) in [6.45, 7) is 3.12. The predicted molar refractivity (Wildman–Crippen MR) is 131 cm³/mol. The van der Waals surface area contributed by atoms with Gasteiger partial charge in [-0.05, 0) is 74.8 Å². The number of nitrogens with one attached hydrogen (secondary N) is 1. The van der Waals surface area contributed by atoms with Crippen LogP contribution in [0.5, 0.6) is 0 Å². The van der Waals surface area contributed by atoms with Gasteiger partial charge in [-0.25, -0.2) is 8.78 Å². The maximum absolute atomic E-state index is 13.0. The first-order valence-electron chi connectivity index (χ1n) is 12.6. The first kappa shape index (κ1) is 23.1. The molecule has 5 aliphatic rings. The fraction of sp³-hybridized carbons (Fsp3) is 0.692.